The summed E-state index contributed by atoms with van der Waals surface area (Å²) in [5.41, 5.74) is 1.81. The molecule has 0 aromatic carbocycles. The Morgan fingerprint density at radius 3 is 2.33 bits per heavy atom. The molecule has 2 saturated carbocycles. The molecule has 2 aliphatic rings. The van der Waals surface area contributed by atoms with Crippen molar-refractivity contribution in [3.8, 4) is 0 Å². The molecule has 3 aromatic rings. The highest BCUT2D eigenvalue weighted by atomic mass is 19.4. The number of aromatic nitrogens is 5. The minimum Gasteiger partial charge on any atom is -0.349 e. The normalized spacial score (nSPS) is 19.7. The number of alkyl halides is 5. The molecule has 0 bridgehead atoms. The fourth-order valence-electron chi connectivity index (χ4n) is 5.71. The third kappa shape index (κ3) is 7.15. The van der Waals surface area contributed by atoms with Crippen molar-refractivity contribution in [1.82, 2.24) is 35.0 Å². The van der Waals surface area contributed by atoms with Gasteiger partial charge in [0, 0.05) is 31.5 Å². The summed E-state index contributed by atoms with van der Waals surface area (Å²) in [4.78, 5) is 30.6. The minimum absolute atomic E-state index is 0.0723. The fraction of sp³-hybridized carbons (Fsp3) is 0.621. The number of rotatable bonds is 10. The van der Waals surface area contributed by atoms with E-state index in [1.54, 1.807) is 29.2 Å². The molecule has 3 aromatic heterocycles. The molecule has 234 valence electrons. The van der Waals surface area contributed by atoms with Gasteiger partial charge in [-0.15, -0.1) is 0 Å². The molecule has 2 N–H and O–H groups in total. The first-order valence-electron chi connectivity index (χ1n) is 14.7. The molecular weight excluding hydrogens is 573 g/mol. The highest BCUT2D eigenvalue weighted by Gasteiger charge is 2.41. The van der Waals surface area contributed by atoms with Crippen molar-refractivity contribution in [2.75, 3.05) is 0 Å². The molecular formula is C29H36F5N7O2. The first-order valence-corrected chi connectivity index (χ1v) is 14.7. The Morgan fingerprint density at radius 1 is 1.02 bits per heavy atom. The van der Waals surface area contributed by atoms with Gasteiger partial charge in [-0.25, -0.2) is 18.3 Å². The van der Waals surface area contributed by atoms with Crippen LogP contribution in [0.4, 0.5) is 22.0 Å². The molecule has 14 heteroatoms. The summed E-state index contributed by atoms with van der Waals surface area (Å²) < 4.78 is 70.2. The lowest BCUT2D eigenvalue weighted by atomic mass is 9.81. The topological polar surface area (TPSA) is 106 Å². The maximum absolute atomic E-state index is 14.0. The van der Waals surface area contributed by atoms with Crippen molar-refractivity contribution in [3.05, 3.63) is 47.7 Å². The Labute approximate surface area is 245 Å². The van der Waals surface area contributed by atoms with Gasteiger partial charge >= 0.3 is 6.18 Å². The number of fused-ring (bicyclic) bond motifs is 1. The van der Waals surface area contributed by atoms with Crippen LogP contribution in [0.1, 0.15) is 106 Å². The Bertz CT molecular complexity index is 1450. The van der Waals surface area contributed by atoms with Gasteiger partial charge in [0.05, 0.1) is 36.1 Å². The van der Waals surface area contributed by atoms with Crippen molar-refractivity contribution in [1.29, 1.82) is 0 Å². The molecule has 2 fully saturated rings. The predicted octanol–water partition coefficient (Wildman–Crippen LogP) is 5.96. The number of nitrogens with zero attached hydrogens (tertiary/aromatic N) is 5. The molecule has 3 heterocycles. The lowest BCUT2D eigenvalue weighted by Crippen LogP contribution is -2.38. The number of carbonyl (C=O) groups excluding carboxylic acids is 2. The van der Waals surface area contributed by atoms with Gasteiger partial charge in [0.1, 0.15) is 5.69 Å². The molecule has 0 spiro atoms. The van der Waals surface area contributed by atoms with Crippen LogP contribution in [0.5, 0.6) is 0 Å². The van der Waals surface area contributed by atoms with Crippen LogP contribution in [-0.4, -0.2) is 48.3 Å². The van der Waals surface area contributed by atoms with Crippen LogP contribution >= 0.6 is 0 Å². The number of nitrogens with one attached hydrogen (secondary N) is 2. The molecule has 0 aliphatic heterocycles. The van der Waals surface area contributed by atoms with Crippen LogP contribution in [-0.2, 0) is 4.79 Å². The molecule has 5 rings (SSSR count). The number of amides is 2. The summed E-state index contributed by atoms with van der Waals surface area (Å²) in [6.45, 7) is 4.76. The van der Waals surface area contributed by atoms with Crippen molar-refractivity contribution in [2.45, 2.75) is 95.9 Å². The van der Waals surface area contributed by atoms with E-state index in [-0.39, 0.29) is 43.6 Å². The highest BCUT2D eigenvalue weighted by Crippen LogP contribution is 2.43. The van der Waals surface area contributed by atoms with Gasteiger partial charge in [-0.3, -0.25) is 14.3 Å². The third-order valence-electron chi connectivity index (χ3n) is 8.41. The van der Waals surface area contributed by atoms with Crippen molar-refractivity contribution < 1.29 is 31.5 Å². The maximum atomic E-state index is 14.0. The van der Waals surface area contributed by atoms with E-state index in [1.807, 2.05) is 13.8 Å². The first-order chi connectivity index (χ1) is 20.2. The number of carbonyl (C=O) groups is 2. The van der Waals surface area contributed by atoms with Crippen LogP contribution in [0.25, 0.3) is 5.65 Å². The highest BCUT2D eigenvalue weighted by molar-refractivity contribution is 5.92. The van der Waals surface area contributed by atoms with E-state index < -0.39 is 48.3 Å². The minimum atomic E-state index is -4.46. The molecule has 2 amide bonds. The predicted molar refractivity (Wildman–Crippen MR) is 146 cm³/mol. The van der Waals surface area contributed by atoms with E-state index in [0.717, 1.165) is 19.8 Å². The van der Waals surface area contributed by atoms with Crippen molar-refractivity contribution in [3.63, 3.8) is 0 Å². The van der Waals surface area contributed by atoms with E-state index in [4.69, 9.17) is 4.98 Å². The maximum Gasteiger partial charge on any atom is 0.392 e. The van der Waals surface area contributed by atoms with Gasteiger partial charge in [0.15, 0.2) is 5.65 Å². The molecule has 9 nitrogen and oxygen atoms in total. The second-order valence-electron chi connectivity index (χ2n) is 12.2. The lowest BCUT2D eigenvalue weighted by molar-refractivity contribution is -0.174. The van der Waals surface area contributed by atoms with Gasteiger partial charge in [-0.05, 0) is 69.1 Å². The van der Waals surface area contributed by atoms with Crippen LogP contribution in [0, 0.1) is 17.8 Å². The van der Waals surface area contributed by atoms with Crippen molar-refractivity contribution in [2.24, 2.45) is 17.8 Å². The standard InChI is InChI=1S/C29H36F5N7O2/c1-16(2)41-22(8-11-35-41)27(43)39-26(19-6-9-28(30,31)10-7-19)21-15-40-23(37-21)13-20(14-36-40)25(18-4-5-18)38-24(42)12-17(3)29(32,33)34/h8,11,13-19,25-26H,4-7,9-10,12H2,1-3H3,(H,38,42)(H,39,43)/t17-,25-,26+/m1/s1. The van der Waals surface area contributed by atoms with Crippen molar-refractivity contribution >= 4 is 17.5 Å². The number of halogens is 5. The first kappa shape index (κ1) is 30.9. The molecule has 2 aliphatic carbocycles. The summed E-state index contributed by atoms with van der Waals surface area (Å²) in [6.07, 6.45) is 1.02. The smallest absolute Gasteiger partial charge is 0.349 e. The molecule has 0 radical (unpaired) electrons. The second kappa shape index (κ2) is 11.8. The summed E-state index contributed by atoms with van der Waals surface area (Å²) in [5, 5.41) is 14.4. The molecule has 3 atom stereocenters. The van der Waals surface area contributed by atoms with Gasteiger partial charge in [-0.2, -0.15) is 23.4 Å². The summed E-state index contributed by atoms with van der Waals surface area (Å²) in [5.74, 6) is -5.83. The SMILES string of the molecule is CC(C)n1nccc1C(=O)N[C@H](c1cn2ncc([C@H](NC(=O)C[C@@H](C)C(F)(F)F)C3CC3)cc2n1)C1CCC(F)(F)CC1. The van der Waals surface area contributed by atoms with E-state index in [0.29, 0.717) is 22.6 Å². The Hall–Kier alpha value is -3.58. The molecule has 0 unspecified atom stereocenters. The number of imidazole rings is 1. The summed E-state index contributed by atoms with van der Waals surface area (Å²) >= 11 is 0. The van der Waals surface area contributed by atoms with Crippen LogP contribution in [0.2, 0.25) is 0 Å². The second-order valence-corrected chi connectivity index (χ2v) is 12.2. The largest absolute Gasteiger partial charge is 0.392 e. The van der Waals surface area contributed by atoms with Gasteiger partial charge < -0.3 is 10.6 Å². The van der Waals surface area contributed by atoms with E-state index in [2.05, 4.69) is 20.8 Å². The summed E-state index contributed by atoms with van der Waals surface area (Å²) in [6, 6.07) is 2.05. The lowest BCUT2D eigenvalue weighted by Gasteiger charge is -2.33. The Kier molecular flexibility index (Phi) is 8.50. The van der Waals surface area contributed by atoms with Crippen LogP contribution in [0.3, 0.4) is 0 Å². The molecule has 0 saturated heterocycles. The van der Waals surface area contributed by atoms with Gasteiger partial charge in [-0.1, -0.05) is 6.92 Å². The zero-order valence-corrected chi connectivity index (χ0v) is 24.2. The quantitative estimate of drug-likeness (QED) is 0.276. The Morgan fingerprint density at radius 2 is 1.70 bits per heavy atom. The molecule has 43 heavy (non-hydrogen) atoms. The third-order valence-corrected chi connectivity index (χ3v) is 8.41. The Balaban J connectivity index is 1.41. The zero-order valence-electron chi connectivity index (χ0n) is 24.2. The van der Waals surface area contributed by atoms with Crippen LogP contribution in [0.15, 0.2) is 30.7 Å². The van der Waals surface area contributed by atoms with E-state index >= 15 is 0 Å². The van der Waals surface area contributed by atoms with Crippen LogP contribution < -0.4 is 10.6 Å². The van der Waals surface area contributed by atoms with E-state index in [9.17, 15) is 31.5 Å². The number of hydrogen-bond donors (Lipinski definition) is 2. The zero-order chi connectivity index (χ0) is 31.1. The monoisotopic (exact) mass is 609 g/mol. The van der Waals surface area contributed by atoms with Gasteiger partial charge in [0.2, 0.25) is 11.8 Å². The van der Waals surface area contributed by atoms with Gasteiger partial charge in [0.25, 0.3) is 5.91 Å². The fourth-order valence-corrected chi connectivity index (χ4v) is 5.71. The average Bonchev–Trinajstić information content (AvgIpc) is 3.47. The number of hydrogen-bond acceptors (Lipinski definition) is 5. The van der Waals surface area contributed by atoms with E-state index in [1.165, 1.54) is 10.7 Å². The summed E-state index contributed by atoms with van der Waals surface area (Å²) in [7, 11) is 0. The average molecular weight is 610 g/mol.